The Kier molecular flexibility index (Phi) is 5.51. The van der Waals surface area contributed by atoms with Crippen LogP contribution < -0.4 is 0 Å². The van der Waals surface area contributed by atoms with Gasteiger partial charge in [-0.3, -0.25) is 9.59 Å². The Morgan fingerprint density at radius 3 is 2.70 bits per heavy atom. The molecule has 0 aliphatic heterocycles. The summed E-state index contributed by atoms with van der Waals surface area (Å²) < 4.78 is 4.81. The van der Waals surface area contributed by atoms with Crippen LogP contribution >= 0.6 is 0 Å². The van der Waals surface area contributed by atoms with Gasteiger partial charge in [-0.15, -0.1) is 0 Å². The number of methoxy groups -OCH3 is 1. The minimum Gasteiger partial charge on any atom is -0.469 e. The third-order valence-corrected chi connectivity index (χ3v) is 9.48. The SMILES string of the molecule is COC(=O)CC[C@@H](C)[C@H]1CC[C@H]2[C@@H]3[C@H](O)CC4=CC(=O)C=C[C@]4(C)[C@H]3C[C@H](O)[C@]12C. The fourth-order valence-corrected chi connectivity index (χ4v) is 7.76. The number of esters is 1. The fourth-order valence-electron chi connectivity index (χ4n) is 7.76. The van der Waals surface area contributed by atoms with E-state index in [1.807, 2.05) is 6.08 Å². The highest BCUT2D eigenvalue weighted by atomic mass is 16.5. The topological polar surface area (TPSA) is 83.8 Å². The number of rotatable bonds is 4. The molecule has 0 spiro atoms. The number of aliphatic hydroxyl groups excluding tert-OH is 2. The van der Waals surface area contributed by atoms with Crippen LogP contribution in [0.3, 0.4) is 0 Å². The van der Waals surface area contributed by atoms with Gasteiger partial charge >= 0.3 is 5.97 Å². The van der Waals surface area contributed by atoms with Crippen LogP contribution in [0.4, 0.5) is 0 Å². The number of aliphatic hydroxyl groups is 2. The van der Waals surface area contributed by atoms with Crippen molar-refractivity contribution in [3.05, 3.63) is 23.8 Å². The predicted molar refractivity (Wildman–Crippen MR) is 113 cm³/mol. The Bertz CT molecular complexity index is 784. The van der Waals surface area contributed by atoms with Crippen LogP contribution in [0.5, 0.6) is 0 Å². The Balaban J connectivity index is 1.62. The summed E-state index contributed by atoms with van der Waals surface area (Å²) in [5.41, 5.74) is 0.485. The van der Waals surface area contributed by atoms with Gasteiger partial charge in [-0.05, 0) is 79.3 Å². The zero-order valence-electron chi connectivity index (χ0n) is 18.6. The molecule has 0 aromatic carbocycles. The number of fused-ring (bicyclic) bond motifs is 5. The Labute approximate surface area is 179 Å². The lowest BCUT2D eigenvalue weighted by molar-refractivity contribution is -0.160. The van der Waals surface area contributed by atoms with Crippen molar-refractivity contribution in [1.29, 1.82) is 0 Å². The van der Waals surface area contributed by atoms with Crippen molar-refractivity contribution in [1.82, 2.24) is 0 Å². The molecule has 4 aliphatic carbocycles. The molecule has 0 radical (unpaired) electrons. The molecule has 9 atom stereocenters. The lowest BCUT2D eigenvalue weighted by Gasteiger charge is -2.60. The maximum atomic E-state index is 11.9. The number of ketones is 1. The molecule has 0 unspecified atom stereocenters. The first-order valence-electron chi connectivity index (χ1n) is 11.5. The maximum absolute atomic E-state index is 11.9. The smallest absolute Gasteiger partial charge is 0.305 e. The largest absolute Gasteiger partial charge is 0.469 e. The van der Waals surface area contributed by atoms with Gasteiger partial charge in [-0.2, -0.15) is 0 Å². The molecule has 5 heteroatoms. The molecule has 0 saturated heterocycles. The molecule has 0 amide bonds. The van der Waals surface area contributed by atoms with E-state index in [2.05, 4.69) is 20.8 Å². The van der Waals surface area contributed by atoms with Crippen molar-refractivity contribution in [2.75, 3.05) is 7.11 Å². The molecule has 2 N–H and O–H groups in total. The summed E-state index contributed by atoms with van der Waals surface area (Å²) >= 11 is 0. The molecule has 30 heavy (non-hydrogen) atoms. The maximum Gasteiger partial charge on any atom is 0.305 e. The van der Waals surface area contributed by atoms with E-state index in [-0.39, 0.29) is 40.3 Å². The third-order valence-electron chi connectivity index (χ3n) is 9.48. The number of ether oxygens (including phenoxy) is 1. The third kappa shape index (κ3) is 3.12. The Hall–Kier alpha value is -1.46. The van der Waals surface area contributed by atoms with E-state index in [1.165, 1.54) is 7.11 Å². The van der Waals surface area contributed by atoms with Crippen LogP contribution in [0, 0.1) is 40.4 Å². The van der Waals surface area contributed by atoms with Crippen molar-refractivity contribution in [2.24, 2.45) is 40.4 Å². The minimum absolute atomic E-state index is 0.00492. The summed E-state index contributed by atoms with van der Waals surface area (Å²) in [4.78, 5) is 23.6. The first-order chi connectivity index (χ1) is 14.1. The van der Waals surface area contributed by atoms with Crippen LogP contribution in [0.1, 0.15) is 59.3 Å². The van der Waals surface area contributed by atoms with Crippen molar-refractivity contribution >= 4 is 11.8 Å². The van der Waals surface area contributed by atoms with E-state index in [0.717, 1.165) is 24.8 Å². The molecule has 5 nitrogen and oxygen atoms in total. The minimum atomic E-state index is -0.477. The average Bonchev–Trinajstić information content (AvgIpc) is 3.06. The van der Waals surface area contributed by atoms with Crippen LogP contribution in [0.2, 0.25) is 0 Å². The van der Waals surface area contributed by atoms with E-state index in [1.54, 1.807) is 12.2 Å². The standard InChI is InChI=1S/C25H36O5/c1-14(5-8-22(29)30-4)17-6-7-18-23-19(13-21(28)25(17,18)3)24(2)10-9-16(26)11-15(24)12-20(23)27/h9-11,14,17-21,23,27-28H,5-8,12-13H2,1-4H3/t14-,17-,18+,19+,20-,21+,23+,24+,25-/m1/s1. The van der Waals surface area contributed by atoms with Crippen molar-refractivity contribution in [3.63, 3.8) is 0 Å². The van der Waals surface area contributed by atoms with Gasteiger partial charge in [0.25, 0.3) is 0 Å². The lowest BCUT2D eigenvalue weighted by Crippen LogP contribution is -2.59. The van der Waals surface area contributed by atoms with Gasteiger partial charge in [-0.1, -0.05) is 32.4 Å². The number of allylic oxidation sites excluding steroid dienone is 3. The van der Waals surface area contributed by atoms with Crippen molar-refractivity contribution in [2.45, 2.75) is 71.5 Å². The van der Waals surface area contributed by atoms with Gasteiger partial charge in [-0.25, -0.2) is 0 Å². The van der Waals surface area contributed by atoms with E-state index in [4.69, 9.17) is 4.74 Å². The van der Waals surface area contributed by atoms with Gasteiger partial charge in [0.05, 0.1) is 19.3 Å². The zero-order chi connectivity index (χ0) is 21.8. The van der Waals surface area contributed by atoms with Crippen molar-refractivity contribution < 1.29 is 24.5 Å². The zero-order valence-corrected chi connectivity index (χ0v) is 18.6. The summed E-state index contributed by atoms with van der Waals surface area (Å²) in [5, 5.41) is 22.7. The number of carbonyl (C=O) groups is 2. The molecule has 0 aromatic rings. The molecular formula is C25H36O5. The summed E-state index contributed by atoms with van der Waals surface area (Å²) in [6.45, 7) is 6.58. The van der Waals surface area contributed by atoms with Gasteiger partial charge in [0.1, 0.15) is 0 Å². The van der Waals surface area contributed by atoms with E-state index < -0.39 is 12.2 Å². The quantitative estimate of drug-likeness (QED) is 0.686. The second-order valence-corrected chi connectivity index (χ2v) is 10.6. The summed E-state index contributed by atoms with van der Waals surface area (Å²) in [6.07, 6.45) is 8.82. The fraction of sp³-hybridized carbons (Fsp3) is 0.760. The van der Waals surface area contributed by atoms with Crippen LogP contribution in [0.25, 0.3) is 0 Å². The molecule has 3 saturated carbocycles. The van der Waals surface area contributed by atoms with E-state index >= 15 is 0 Å². The average molecular weight is 417 g/mol. The predicted octanol–water partition coefficient (Wildman–Crippen LogP) is 3.44. The van der Waals surface area contributed by atoms with Crippen LogP contribution in [0.15, 0.2) is 23.8 Å². The van der Waals surface area contributed by atoms with Gasteiger partial charge in [0.2, 0.25) is 0 Å². The summed E-state index contributed by atoms with van der Waals surface area (Å²) in [7, 11) is 1.42. The second-order valence-electron chi connectivity index (χ2n) is 10.6. The highest BCUT2D eigenvalue weighted by Gasteiger charge is 2.64. The van der Waals surface area contributed by atoms with E-state index in [0.29, 0.717) is 31.1 Å². The number of hydrogen-bond donors (Lipinski definition) is 2. The number of carbonyl (C=O) groups excluding carboxylic acids is 2. The molecule has 4 rings (SSSR count). The molecule has 166 valence electrons. The molecule has 0 bridgehead atoms. The van der Waals surface area contributed by atoms with Crippen LogP contribution in [-0.2, 0) is 14.3 Å². The highest BCUT2D eigenvalue weighted by molar-refractivity contribution is 6.01. The normalized spacial score (nSPS) is 45.8. The summed E-state index contributed by atoms with van der Waals surface area (Å²) in [6, 6.07) is 0. The lowest BCUT2D eigenvalue weighted by atomic mass is 9.45. The Morgan fingerprint density at radius 1 is 1.27 bits per heavy atom. The molecule has 0 aromatic heterocycles. The first kappa shape index (κ1) is 21.8. The highest BCUT2D eigenvalue weighted by Crippen LogP contribution is 2.67. The van der Waals surface area contributed by atoms with Gasteiger partial charge < -0.3 is 14.9 Å². The molecular weight excluding hydrogens is 380 g/mol. The van der Waals surface area contributed by atoms with Crippen molar-refractivity contribution in [3.8, 4) is 0 Å². The number of hydrogen-bond acceptors (Lipinski definition) is 5. The second kappa shape index (κ2) is 7.59. The summed E-state index contributed by atoms with van der Waals surface area (Å²) in [5.74, 6) is 0.948. The monoisotopic (exact) mass is 416 g/mol. The molecule has 0 heterocycles. The van der Waals surface area contributed by atoms with Crippen LogP contribution in [-0.4, -0.2) is 41.3 Å². The Morgan fingerprint density at radius 2 is 2.00 bits per heavy atom. The molecule has 4 aliphatic rings. The molecule has 3 fully saturated rings. The van der Waals surface area contributed by atoms with Gasteiger partial charge in [0, 0.05) is 11.8 Å². The van der Waals surface area contributed by atoms with E-state index in [9.17, 15) is 19.8 Å². The first-order valence-corrected chi connectivity index (χ1v) is 11.5. The van der Waals surface area contributed by atoms with Gasteiger partial charge in [0.15, 0.2) is 5.78 Å².